The molecule has 0 atom stereocenters. The third kappa shape index (κ3) is 2.41. The molecule has 3 rings (SSSR count). The first kappa shape index (κ1) is 11.7. The first-order chi connectivity index (χ1) is 9.36. The Morgan fingerprint density at radius 2 is 1.89 bits per heavy atom. The van der Waals surface area contributed by atoms with Gasteiger partial charge < -0.3 is 14.1 Å². The largest absolute Gasteiger partial charge is 0.470 e. The standard InChI is InChI=1S/C11H8ClN5O2/c12-7-10-15-16-11(19-10)8-1-2-9(14-13-8)17-3-5-18-6-4-17/h1-6H,7H2. The van der Waals surface area contributed by atoms with E-state index in [1.807, 2.05) is 0 Å². The van der Waals surface area contributed by atoms with E-state index in [9.17, 15) is 0 Å². The molecule has 2 aromatic heterocycles. The highest BCUT2D eigenvalue weighted by Gasteiger charge is 2.11. The van der Waals surface area contributed by atoms with E-state index in [1.165, 1.54) is 0 Å². The number of halogens is 1. The van der Waals surface area contributed by atoms with E-state index in [2.05, 4.69) is 20.4 Å². The predicted octanol–water partition coefficient (Wildman–Crippen LogP) is 2.04. The van der Waals surface area contributed by atoms with Gasteiger partial charge in [0.1, 0.15) is 24.1 Å². The van der Waals surface area contributed by atoms with Crippen molar-refractivity contribution in [3.05, 3.63) is 42.9 Å². The molecule has 0 saturated heterocycles. The van der Waals surface area contributed by atoms with Crippen LogP contribution in [0.25, 0.3) is 11.6 Å². The molecule has 19 heavy (non-hydrogen) atoms. The third-order valence-corrected chi connectivity index (χ3v) is 2.54. The summed E-state index contributed by atoms with van der Waals surface area (Å²) in [5.41, 5.74) is 0.494. The van der Waals surface area contributed by atoms with Crippen molar-refractivity contribution in [1.82, 2.24) is 20.4 Å². The van der Waals surface area contributed by atoms with Crippen molar-refractivity contribution >= 4 is 17.4 Å². The minimum absolute atomic E-state index is 0.169. The maximum Gasteiger partial charge on any atom is 0.268 e. The van der Waals surface area contributed by atoms with Crippen LogP contribution < -0.4 is 4.90 Å². The molecule has 96 valence electrons. The molecule has 1 aliphatic heterocycles. The highest BCUT2D eigenvalue weighted by Crippen LogP contribution is 2.19. The molecule has 0 saturated carbocycles. The molecule has 0 aliphatic carbocycles. The molecule has 1 aliphatic rings. The molecular formula is C11H8ClN5O2. The number of rotatable bonds is 3. The zero-order valence-corrected chi connectivity index (χ0v) is 10.4. The lowest BCUT2D eigenvalue weighted by molar-refractivity contribution is 0.393. The van der Waals surface area contributed by atoms with E-state index in [1.54, 1.807) is 42.0 Å². The quantitative estimate of drug-likeness (QED) is 0.795. The van der Waals surface area contributed by atoms with Crippen molar-refractivity contribution < 1.29 is 9.15 Å². The zero-order valence-electron chi connectivity index (χ0n) is 9.60. The second-order valence-electron chi connectivity index (χ2n) is 3.53. The molecule has 0 bridgehead atoms. The molecule has 0 N–H and O–H groups in total. The summed E-state index contributed by atoms with van der Waals surface area (Å²) in [5, 5.41) is 15.7. The summed E-state index contributed by atoms with van der Waals surface area (Å²) >= 11 is 5.59. The summed E-state index contributed by atoms with van der Waals surface area (Å²) < 4.78 is 10.2. The van der Waals surface area contributed by atoms with Gasteiger partial charge in [-0.1, -0.05) is 0 Å². The molecule has 8 heteroatoms. The predicted molar refractivity (Wildman–Crippen MR) is 66.7 cm³/mol. The maximum absolute atomic E-state index is 5.59. The molecule has 2 aromatic rings. The van der Waals surface area contributed by atoms with Crippen LogP contribution in [-0.4, -0.2) is 20.4 Å². The van der Waals surface area contributed by atoms with Gasteiger partial charge in [-0.25, -0.2) is 0 Å². The van der Waals surface area contributed by atoms with Crippen LogP contribution in [0.1, 0.15) is 5.89 Å². The molecule has 0 unspecified atom stereocenters. The van der Waals surface area contributed by atoms with Crippen LogP contribution in [0.15, 0.2) is 41.5 Å². The second-order valence-corrected chi connectivity index (χ2v) is 3.79. The SMILES string of the molecule is ClCc1nnc(-c2ccc(N3C=COC=C3)nn2)o1. The Morgan fingerprint density at radius 3 is 2.53 bits per heavy atom. The normalized spacial score (nSPS) is 13.6. The number of ether oxygens (including phenoxy) is 1. The number of hydrogen-bond donors (Lipinski definition) is 0. The van der Waals surface area contributed by atoms with Crippen molar-refractivity contribution in [3.63, 3.8) is 0 Å². The van der Waals surface area contributed by atoms with Gasteiger partial charge in [0, 0.05) is 12.4 Å². The fourth-order valence-corrected chi connectivity index (χ4v) is 1.55. The van der Waals surface area contributed by atoms with Crippen LogP contribution in [0.5, 0.6) is 0 Å². The van der Waals surface area contributed by atoms with Gasteiger partial charge in [-0.05, 0) is 12.1 Å². The van der Waals surface area contributed by atoms with E-state index in [-0.39, 0.29) is 5.88 Å². The highest BCUT2D eigenvalue weighted by atomic mass is 35.5. The summed E-state index contributed by atoms with van der Waals surface area (Å²) in [6.07, 6.45) is 6.53. The van der Waals surface area contributed by atoms with Gasteiger partial charge >= 0.3 is 0 Å². The second kappa shape index (κ2) is 5.07. The summed E-state index contributed by atoms with van der Waals surface area (Å²) in [6, 6.07) is 3.53. The Hall–Kier alpha value is -2.41. The number of hydrogen-bond acceptors (Lipinski definition) is 7. The molecular weight excluding hydrogens is 270 g/mol. The van der Waals surface area contributed by atoms with Crippen molar-refractivity contribution in [2.45, 2.75) is 5.88 Å². The van der Waals surface area contributed by atoms with Gasteiger partial charge in [0.25, 0.3) is 5.89 Å². The smallest absolute Gasteiger partial charge is 0.268 e. The van der Waals surface area contributed by atoms with E-state index in [4.69, 9.17) is 20.8 Å². The van der Waals surface area contributed by atoms with Crippen LogP contribution in [-0.2, 0) is 10.6 Å². The zero-order chi connectivity index (χ0) is 13.1. The van der Waals surface area contributed by atoms with Crippen LogP contribution >= 0.6 is 11.6 Å². The van der Waals surface area contributed by atoms with Gasteiger partial charge in [-0.15, -0.1) is 32.0 Å². The molecule has 7 nitrogen and oxygen atoms in total. The maximum atomic E-state index is 5.59. The van der Waals surface area contributed by atoms with Gasteiger partial charge in [0.15, 0.2) is 5.82 Å². The number of anilines is 1. The average Bonchev–Trinajstić information content (AvgIpc) is 2.97. The van der Waals surface area contributed by atoms with Crippen LogP contribution in [0.2, 0.25) is 0 Å². The van der Waals surface area contributed by atoms with E-state index >= 15 is 0 Å². The summed E-state index contributed by atoms with van der Waals surface area (Å²) in [6.45, 7) is 0. The lowest BCUT2D eigenvalue weighted by Gasteiger charge is -2.15. The minimum atomic E-state index is 0.169. The fraction of sp³-hybridized carbons (Fsp3) is 0.0909. The van der Waals surface area contributed by atoms with Crippen molar-refractivity contribution in [2.75, 3.05) is 4.90 Å². The van der Waals surface area contributed by atoms with E-state index < -0.39 is 0 Å². The van der Waals surface area contributed by atoms with Crippen LogP contribution in [0, 0.1) is 0 Å². The Bertz CT molecular complexity index is 610. The van der Waals surface area contributed by atoms with Crippen molar-refractivity contribution in [3.8, 4) is 11.6 Å². The molecule has 0 radical (unpaired) electrons. The van der Waals surface area contributed by atoms with Gasteiger partial charge in [-0.2, -0.15) is 0 Å². The monoisotopic (exact) mass is 277 g/mol. The van der Waals surface area contributed by atoms with Crippen LogP contribution in [0.4, 0.5) is 5.82 Å². The molecule has 0 aromatic carbocycles. The van der Waals surface area contributed by atoms with Crippen molar-refractivity contribution in [1.29, 1.82) is 0 Å². The summed E-state index contributed by atoms with van der Waals surface area (Å²) in [7, 11) is 0. The lowest BCUT2D eigenvalue weighted by atomic mass is 10.4. The number of aromatic nitrogens is 4. The minimum Gasteiger partial charge on any atom is -0.470 e. The molecule has 0 amide bonds. The number of alkyl halides is 1. The Kier molecular flexibility index (Phi) is 3.11. The first-order valence-electron chi connectivity index (χ1n) is 5.36. The van der Waals surface area contributed by atoms with Crippen molar-refractivity contribution in [2.24, 2.45) is 0 Å². The summed E-state index contributed by atoms with van der Waals surface area (Å²) in [4.78, 5) is 1.76. The molecule has 3 heterocycles. The Morgan fingerprint density at radius 1 is 1.05 bits per heavy atom. The lowest BCUT2D eigenvalue weighted by Crippen LogP contribution is -2.11. The van der Waals surface area contributed by atoms with E-state index in [0.717, 1.165) is 0 Å². The first-order valence-corrected chi connectivity index (χ1v) is 5.90. The van der Waals surface area contributed by atoms with Gasteiger partial charge in [0.2, 0.25) is 5.89 Å². The van der Waals surface area contributed by atoms with E-state index in [0.29, 0.717) is 23.3 Å². The topological polar surface area (TPSA) is 77.2 Å². The Labute approximate surface area is 113 Å². The van der Waals surface area contributed by atoms with Crippen LogP contribution in [0.3, 0.4) is 0 Å². The fourth-order valence-electron chi connectivity index (χ4n) is 1.44. The van der Waals surface area contributed by atoms with Gasteiger partial charge in [0.05, 0.1) is 0 Å². The highest BCUT2D eigenvalue weighted by molar-refractivity contribution is 6.16. The molecule has 0 fully saturated rings. The Balaban J connectivity index is 1.84. The molecule has 0 spiro atoms. The third-order valence-electron chi connectivity index (χ3n) is 2.32. The average molecular weight is 278 g/mol. The summed E-state index contributed by atoms with van der Waals surface area (Å²) in [5.74, 6) is 1.46. The number of nitrogens with zero attached hydrogens (tertiary/aromatic N) is 5. The van der Waals surface area contributed by atoms with Gasteiger partial charge in [-0.3, -0.25) is 0 Å².